The molecule has 61 heavy (non-hydrogen) atoms. The van der Waals surface area contributed by atoms with E-state index in [0.717, 1.165) is 4.90 Å². The molecule has 7 N–H and O–H groups in total. The van der Waals surface area contributed by atoms with Crippen LogP contribution in [-0.2, 0) is 33.6 Å². The third-order valence-corrected chi connectivity index (χ3v) is 10.0. The molecular formula is C38H48F2N10O11. The molecule has 0 aliphatic carbocycles. The van der Waals surface area contributed by atoms with Gasteiger partial charge in [0.2, 0.25) is 23.6 Å². The zero-order valence-corrected chi connectivity index (χ0v) is 33.1. The number of alkyl halides is 2. The van der Waals surface area contributed by atoms with Crippen LogP contribution in [0.1, 0.15) is 42.5 Å². The number of hydrogen-bond acceptors (Lipinski definition) is 13. The van der Waals surface area contributed by atoms with E-state index >= 15 is 0 Å². The molecule has 2 fully saturated rings. The number of aliphatic carboxylic acids is 3. The van der Waals surface area contributed by atoms with Crippen molar-refractivity contribution in [1.29, 1.82) is 5.26 Å². The maximum absolute atomic E-state index is 13.8. The second kappa shape index (κ2) is 22.3. The van der Waals surface area contributed by atoms with Crippen LogP contribution in [0.3, 0.4) is 0 Å². The van der Waals surface area contributed by atoms with Crippen LogP contribution in [0.5, 0.6) is 0 Å². The molecule has 2 aromatic rings. The van der Waals surface area contributed by atoms with E-state index < -0.39 is 85.0 Å². The van der Waals surface area contributed by atoms with E-state index in [1.54, 1.807) is 32.9 Å². The summed E-state index contributed by atoms with van der Waals surface area (Å²) in [6, 6.07) is 5.23. The van der Waals surface area contributed by atoms with Gasteiger partial charge in [-0.25, -0.2) is 8.78 Å². The molecule has 1 unspecified atom stereocenters. The first-order valence-corrected chi connectivity index (χ1v) is 19.4. The molecule has 0 radical (unpaired) electrons. The van der Waals surface area contributed by atoms with Crippen molar-refractivity contribution in [3.63, 3.8) is 0 Å². The van der Waals surface area contributed by atoms with E-state index in [1.165, 1.54) is 18.3 Å². The van der Waals surface area contributed by atoms with Gasteiger partial charge in [0, 0.05) is 89.6 Å². The normalized spacial score (nSPS) is 17.8. The third kappa shape index (κ3) is 14.7. The minimum Gasteiger partial charge on any atom is -0.480 e. The number of nitriles is 1. The lowest BCUT2D eigenvalue weighted by Crippen LogP contribution is -2.47. The van der Waals surface area contributed by atoms with Gasteiger partial charge in [-0.05, 0) is 18.6 Å². The van der Waals surface area contributed by atoms with Crippen molar-refractivity contribution in [2.75, 3.05) is 83.9 Å². The van der Waals surface area contributed by atoms with Crippen molar-refractivity contribution in [1.82, 2.24) is 40.5 Å². The van der Waals surface area contributed by atoms with Gasteiger partial charge >= 0.3 is 17.9 Å². The highest BCUT2D eigenvalue weighted by Gasteiger charge is 2.47. The summed E-state index contributed by atoms with van der Waals surface area (Å²) < 4.78 is 27.5. The summed E-state index contributed by atoms with van der Waals surface area (Å²) >= 11 is 0. The van der Waals surface area contributed by atoms with Gasteiger partial charge in [-0.1, -0.05) is 12.1 Å². The zero-order chi connectivity index (χ0) is 44.7. The fourth-order valence-electron chi connectivity index (χ4n) is 6.94. The molecule has 0 bridgehead atoms. The Morgan fingerprint density at radius 3 is 2.00 bits per heavy atom. The highest BCUT2D eigenvalue weighted by molar-refractivity contribution is 6.10. The van der Waals surface area contributed by atoms with Crippen LogP contribution in [0.25, 0.3) is 10.9 Å². The molecule has 0 spiro atoms. The van der Waals surface area contributed by atoms with Crippen molar-refractivity contribution in [3.05, 3.63) is 36.0 Å². The van der Waals surface area contributed by atoms with Crippen molar-refractivity contribution in [3.8, 4) is 6.07 Å². The van der Waals surface area contributed by atoms with Gasteiger partial charge in [0.15, 0.2) is 0 Å². The standard InChI is InChI=1S/C38H48F2N10O11/c39-38(40)18-24(19-41)50(23-38)32(54)20-45-36(59)26-8-9-44-35-25(26)2-1-3-27(35)46-31(53)7-6-30(52)43-11-10-42-29(51)5-4-28(37(60)61)49-16-14-47(21-33(55)56)12-13-48(15-17-49)22-34(57)58/h1-3,8-9,24,28H,4-7,10-18,20-23H2,(H,42,51)(H,43,52)(H,45,59)(H,46,53)(H,55,56)(H,57,58)(H,60,61)/t24-,28?/m0/s1. The first-order valence-electron chi connectivity index (χ1n) is 19.4. The van der Waals surface area contributed by atoms with Crippen LogP contribution < -0.4 is 21.3 Å². The van der Waals surface area contributed by atoms with Gasteiger partial charge in [0.05, 0.1) is 49.0 Å². The van der Waals surface area contributed by atoms with E-state index in [4.69, 9.17) is 5.26 Å². The number of pyridine rings is 1. The molecule has 2 aliphatic heterocycles. The summed E-state index contributed by atoms with van der Waals surface area (Å²) in [5.74, 6) is -9.66. The zero-order valence-electron chi connectivity index (χ0n) is 33.1. The van der Waals surface area contributed by atoms with Crippen molar-refractivity contribution in [2.45, 2.75) is 50.1 Å². The summed E-state index contributed by atoms with van der Waals surface area (Å²) in [5, 5.41) is 48.2. The largest absolute Gasteiger partial charge is 0.480 e. The van der Waals surface area contributed by atoms with Gasteiger partial charge < -0.3 is 41.5 Å². The predicted molar refractivity (Wildman–Crippen MR) is 209 cm³/mol. The quantitative estimate of drug-likeness (QED) is 0.0834. The number of fused-ring (bicyclic) bond motifs is 1. The number of aromatic nitrogens is 1. The number of nitrogens with zero attached hydrogens (tertiary/aromatic N) is 6. The number of benzene rings is 1. The van der Waals surface area contributed by atoms with Gasteiger partial charge in [-0.3, -0.25) is 58.0 Å². The van der Waals surface area contributed by atoms with Crippen LogP contribution in [0.15, 0.2) is 30.5 Å². The molecule has 4 rings (SSSR count). The molecule has 2 atom stereocenters. The van der Waals surface area contributed by atoms with Crippen molar-refractivity contribution >= 4 is 64.0 Å². The molecule has 0 saturated carbocycles. The molecule has 1 aromatic heterocycles. The van der Waals surface area contributed by atoms with Gasteiger partial charge in [-0.2, -0.15) is 5.26 Å². The number of nitrogens with one attached hydrogen (secondary N) is 4. The summed E-state index contributed by atoms with van der Waals surface area (Å²) in [7, 11) is 0. The Balaban J connectivity index is 1.20. The first-order chi connectivity index (χ1) is 29.0. The van der Waals surface area contributed by atoms with E-state index in [9.17, 15) is 62.5 Å². The first kappa shape index (κ1) is 47.3. The topological polar surface area (TPSA) is 295 Å². The summed E-state index contributed by atoms with van der Waals surface area (Å²) in [6.07, 6.45) is -0.226. The lowest BCUT2D eigenvalue weighted by atomic mass is 10.1. The molecular weight excluding hydrogens is 810 g/mol. The molecule has 5 amide bonds. The second-order valence-electron chi connectivity index (χ2n) is 14.5. The summed E-state index contributed by atoms with van der Waals surface area (Å²) in [4.78, 5) is 108. The number of carbonyl (C=O) groups excluding carboxylic acids is 5. The predicted octanol–water partition coefficient (Wildman–Crippen LogP) is -1.00. The minimum absolute atomic E-state index is 0.00654. The Hall–Kier alpha value is -6.38. The average molecular weight is 859 g/mol. The fraction of sp³-hybridized carbons (Fsp3) is 0.526. The van der Waals surface area contributed by atoms with Crippen LogP contribution in [0, 0.1) is 11.3 Å². The number of rotatable bonds is 19. The smallest absolute Gasteiger partial charge is 0.320 e. The Morgan fingerprint density at radius 2 is 1.41 bits per heavy atom. The maximum atomic E-state index is 13.8. The van der Waals surface area contributed by atoms with Gasteiger partial charge in [0.25, 0.3) is 11.8 Å². The van der Waals surface area contributed by atoms with E-state index in [0.29, 0.717) is 5.39 Å². The molecule has 23 heteroatoms. The Morgan fingerprint density at radius 1 is 0.820 bits per heavy atom. The number of hydrogen-bond donors (Lipinski definition) is 7. The van der Waals surface area contributed by atoms with Crippen molar-refractivity contribution < 1.29 is 62.5 Å². The summed E-state index contributed by atoms with van der Waals surface area (Å²) in [5.41, 5.74) is 0.515. The Kier molecular flexibility index (Phi) is 17.3. The number of carboxylic acid groups (broad SMARTS) is 3. The Bertz CT molecular complexity index is 1990. The van der Waals surface area contributed by atoms with Gasteiger partial charge in [-0.15, -0.1) is 0 Å². The highest BCUT2D eigenvalue weighted by Crippen LogP contribution is 2.31. The highest BCUT2D eigenvalue weighted by atomic mass is 19.3. The Labute approximate surface area is 348 Å². The van der Waals surface area contributed by atoms with E-state index in [2.05, 4.69) is 26.3 Å². The number of likely N-dealkylation sites (tertiary alicyclic amines) is 1. The number of carbonyl (C=O) groups is 8. The molecule has 330 valence electrons. The minimum atomic E-state index is -3.21. The van der Waals surface area contributed by atoms with Crippen LogP contribution in [0.4, 0.5) is 14.5 Å². The third-order valence-electron chi connectivity index (χ3n) is 10.0. The van der Waals surface area contributed by atoms with Crippen molar-refractivity contribution in [2.24, 2.45) is 0 Å². The number of amides is 5. The number of anilines is 1. The molecule has 2 aliphatic rings. The number of carboxylic acids is 3. The SMILES string of the molecule is N#C[C@@H]1CC(F)(F)CN1C(=O)CNC(=O)c1ccnc2c(NC(=O)CCC(=O)NCCNC(=O)CCC(C(=O)O)N3CCN(CC(=O)O)CCN(CC(=O)O)CC3)cccc12. The molecule has 3 heterocycles. The molecule has 21 nitrogen and oxygen atoms in total. The summed E-state index contributed by atoms with van der Waals surface area (Å²) in [6.45, 7) is -0.783. The van der Waals surface area contributed by atoms with E-state index in [-0.39, 0.29) is 108 Å². The number of para-hydroxylation sites is 1. The second-order valence-corrected chi connectivity index (χ2v) is 14.5. The lowest BCUT2D eigenvalue weighted by Gasteiger charge is -2.30. The molecule has 2 saturated heterocycles. The van der Waals surface area contributed by atoms with E-state index in [1.807, 2.05) is 0 Å². The number of halogens is 2. The van der Waals surface area contributed by atoms with Crippen LogP contribution in [-0.4, -0.2) is 184 Å². The monoisotopic (exact) mass is 858 g/mol. The molecule has 1 aromatic carbocycles. The van der Waals surface area contributed by atoms with Crippen LogP contribution in [0.2, 0.25) is 0 Å². The van der Waals surface area contributed by atoms with Gasteiger partial charge in [0.1, 0.15) is 12.1 Å². The average Bonchev–Trinajstić information content (AvgIpc) is 3.57. The fourth-order valence-corrected chi connectivity index (χ4v) is 6.94. The maximum Gasteiger partial charge on any atom is 0.320 e. The van der Waals surface area contributed by atoms with Crippen LogP contribution >= 0.6 is 0 Å². The lowest BCUT2D eigenvalue weighted by molar-refractivity contribution is -0.145.